The number of phenolic OH excluding ortho intramolecular Hbond substituents is 2. The third-order valence-electron chi connectivity index (χ3n) is 13.0. The maximum atomic E-state index is 12.9. The average molecular weight is 851 g/mol. The van der Waals surface area contributed by atoms with Gasteiger partial charge in [-0.3, -0.25) is 9.69 Å². The van der Waals surface area contributed by atoms with Crippen molar-refractivity contribution in [3.63, 3.8) is 0 Å². The predicted octanol–water partition coefficient (Wildman–Crippen LogP) is 6.90. The minimum Gasteiger partial charge on any atom is -0.508 e. The monoisotopic (exact) mass is 850 g/mol. The summed E-state index contributed by atoms with van der Waals surface area (Å²) in [6, 6.07) is 31.6. The van der Waals surface area contributed by atoms with E-state index in [1.807, 2.05) is 50.2 Å². The van der Waals surface area contributed by atoms with Crippen LogP contribution in [0.5, 0.6) is 23.1 Å². The summed E-state index contributed by atoms with van der Waals surface area (Å²) in [5.74, 6) is 1.68. The van der Waals surface area contributed by atoms with Gasteiger partial charge in [-0.1, -0.05) is 50.2 Å². The van der Waals surface area contributed by atoms with E-state index in [0.717, 1.165) is 70.8 Å². The van der Waals surface area contributed by atoms with E-state index in [4.69, 9.17) is 9.47 Å². The fourth-order valence-electron chi connectivity index (χ4n) is 9.33. The second-order valence-corrected chi connectivity index (χ2v) is 17.5. The molecule has 6 aromatic rings. The molecular formula is C49H54N8O6. The second kappa shape index (κ2) is 17.8. The van der Waals surface area contributed by atoms with Crippen molar-refractivity contribution in [2.45, 2.75) is 51.5 Å². The van der Waals surface area contributed by atoms with Crippen molar-refractivity contribution in [1.82, 2.24) is 34.8 Å². The molecule has 0 aliphatic carbocycles. The number of aromatic amines is 1. The van der Waals surface area contributed by atoms with Crippen molar-refractivity contribution in [2.24, 2.45) is 5.92 Å². The molecule has 0 spiro atoms. The number of aromatic hydroxyl groups is 2. The lowest BCUT2D eigenvalue weighted by Crippen LogP contribution is -2.54. The summed E-state index contributed by atoms with van der Waals surface area (Å²) >= 11 is 0. The standard InChI is InChI=1S/C49H54N8O6/c1-32(2)41-26-42(45(60)27-44(41)59)47-52-53-48(61)57(47)39-10-4-34(5-11-39)28-54-20-22-55(23-21-54)29-35-30-56(31-35)38-12-6-36(7-13-38)49(18-24-62-25-19-49)37-8-14-40(15-9-37)63-46-17-16-43(33(3)58)50-51-46/h4-17,26-27,32,35,59-60H,18-25,28-31H2,1-3H3,(H,53,61). The molecule has 0 radical (unpaired) electrons. The molecule has 3 aliphatic rings. The summed E-state index contributed by atoms with van der Waals surface area (Å²) in [6.07, 6.45) is 1.81. The van der Waals surface area contributed by atoms with Gasteiger partial charge in [-0.15, -0.1) is 10.2 Å². The zero-order valence-electron chi connectivity index (χ0n) is 36.0. The molecule has 0 atom stereocenters. The van der Waals surface area contributed by atoms with E-state index in [2.05, 4.69) is 71.5 Å². The number of nitrogens with zero attached hydrogens (tertiary/aromatic N) is 7. The van der Waals surface area contributed by atoms with Gasteiger partial charge in [0.25, 0.3) is 0 Å². The molecule has 326 valence electrons. The number of nitrogens with one attached hydrogen (secondary N) is 1. The van der Waals surface area contributed by atoms with E-state index in [1.54, 1.807) is 18.2 Å². The van der Waals surface area contributed by atoms with Crippen molar-refractivity contribution in [2.75, 3.05) is 63.9 Å². The van der Waals surface area contributed by atoms with E-state index in [-0.39, 0.29) is 34.4 Å². The number of rotatable bonds is 13. The number of hydrogen-bond acceptors (Lipinski definition) is 12. The van der Waals surface area contributed by atoms with Crippen molar-refractivity contribution in [1.29, 1.82) is 0 Å². The normalized spacial score (nSPS) is 17.2. The fourth-order valence-corrected chi connectivity index (χ4v) is 9.33. The highest BCUT2D eigenvalue weighted by Gasteiger charge is 2.37. The number of aromatic nitrogens is 5. The zero-order valence-corrected chi connectivity index (χ0v) is 36.0. The summed E-state index contributed by atoms with van der Waals surface area (Å²) in [5, 5.41) is 35.8. The van der Waals surface area contributed by atoms with E-state index in [9.17, 15) is 19.8 Å². The Morgan fingerprint density at radius 1 is 0.825 bits per heavy atom. The van der Waals surface area contributed by atoms with Crippen molar-refractivity contribution < 1.29 is 24.5 Å². The number of ether oxygens (including phenoxy) is 2. The first-order valence-corrected chi connectivity index (χ1v) is 21.9. The van der Waals surface area contributed by atoms with E-state index in [0.29, 0.717) is 53.3 Å². The summed E-state index contributed by atoms with van der Waals surface area (Å²) < 4.78 is 13.2. The molecule has 2 aromatic heterocycles. The predicted molar refractivity (Wildman–Crippen MR) is 240 cm³/mol. The molecule has 0 amide bonds. The largest absolute Gasteiger partial charge is 0.508 e. The van der Waals surface area contributed by atoms with Crippen LogP contribution in [-0.4, -0.2) is 110 Å². The minimum atomic E-state index is -0.404. The molecule has 3 fully saturated rings. The van der Waals surface area contributed by atoms with Crippen LogP contribution in [-0.2, 0) is 16.7 Å². The van der Waals surface area contributed by atoms with Gasteiger partial charge in [0, 0.05) is 102 Å². The Kier molecular flexibility index (Phi) is 11.9. The van der Waals surface area contributed by atoms with Crippen molar-refractivity contribution >= 4 is 11.5 Å². The third kappa shape index (κ3) is 8.83. The van der Waals surface area contributed by atoms with Gasteiger partial charge in [0.1, 0.15) is 22.9 Å². The number of anilines is 1. The number of H-pyrrole nitrogens is 1. The molecule has 5 heterocycles. The maximum absolute atomic E-state index is 12.9. The number of hydrogen-bond donors (Lipinski definition) is 3. The first kappa shape index (κ1) is 42.0. The van der Waals surface area contributed by atoms with Crippen LogP contribution in [0.2, 0.25) is 0 Å². The highest BCUT2D eigenvalue weighted by molar-refractivity contribution is 5.91. The van der Waals surface area contributed by atoms with Gasteiger partial charge in [-0.05, 0) is 89.5 Å². The first-order valence-electron chi connectivity index (χ1n) is 21.9. The number of Topliss-reactive ketones (excluding diaryl/α,β-unsaturated/α-hetero) is 1. The second-order valence-electron chi connectivity index (χ2n) is 17.5. The number of benzene rings is 4. The van der Waals surface area contributed by atoms with Crippen LogP contribution < -0.4 is 15.3 Å². The van der Waals surface area contributed by atoms with E-state index in [1.165, 1.54) is 34.4 Å². The van der Waals surface area contributed by atoms with Gasteiger partial charge < -0.3 is 29.5 Å². The lowest BCUT2D eigenvalue weighted by atomic mass is 9.69. The average Bonchev–Trinajstić information content (AvgIpc) is 3.66. The summed E-state index contributed by atoms with van der Waals surface area (Å²) in [7, 11) is 0. The maximum Gasteiger partial charge on any atom is 0.348 e. The molecular weight excluding hydrogens is 797 g/mol. The molecule has 4 aromatic carbocycles. The van der Waals surface area contributed by atoms with Gasteiger partial charge >= 0.3 is 5.69 Å². The molecule has 3 N–H and O–H groups in total. The van der Waals surface area contributed by atoms with Gasteiger partial charge in [0.15, 0.2) is 11.6 Å². The SMILES string of the molecule is CC(=O)c1ccc(Oc2ccc(C3(c4ccc(N5CC(CN6CCN(Cc7ccc(-n8c(-c9cc(C(C)C)c(O)cc9O)n[nH]c8=O)cc7)CC6)C5)cc4)CCOCC3)cc2)nn1. The summed E-state index contributed by atoms with van der Waals surface area (Å²) in [5.41, 5.74) is 6.41. The minimum absolute atomic E-state index is 0.00966. The number of carbonyl (C=O) groups excluding carboxylic acids is 1. The molecule has 14 nitrogen and oxygen atoms in total. The molecule has 9 rings (SSSR count). The van der Waals surface area contributed by atoms with Crippen molar-refractivity contribution in [3.8, 4) is 40.2 Å². The molecule has 0 bridgehead atoms. The number of ketones is 1. The smallest absolute Gasteiger partial charge is 0.348 e. The lowest BCUT2D eigenvalue weighted by Gasteiger charge is -2.45. The Morgan fingerprint density at radius 2 is 1.48 bits per heavy atom. The first-order chi connectivity index (χ1) is 30.5. The number of phenols is 2. The zero-order chi connectivity index (χ0) is 43.7. The molecule has 0 unspecified atom stereocenters. The Hall–Kier alpha value is -6.35. The molecule has 3 saturated heterocycles. The number of carbonyl (C=O) groups is 1. The lowest BCUT2D eigenvalue weighted by molar-refractivity contribution is 0.0631. The summed E-state index contributed by atoms with van der Waals surface area (Å²) in [4.78, 5) is 32.0. The van der Waals surface area contributed by atoms with Crippen LogP contribution in [0.4, 0.5) is 5.69 Å². The Morgan fingerprint density at radius 3 is 2.11 bits per heavy atom. The van der Waals surface area contributed by atoms with E-state index >= 15 is 0 Å². The van der Waals surface area contributed by atoms with E-state index < -0.39 is 5.69 Å². The summed E-state index contributed by atoms with van der Waals surface area (Å²) in [6.45, 7) is 14.9. The molecule has 14 heteroatoms. The highest BCUT2D eigenvalue weighted by Crippen LogP contribution is 2.43. The topological polar surface area (TPSA) is 162 Å². The number of piperazine rings is 1. The molecule has 3 aliphatic heterocycles. The van der Waals surface area contributed by atoms with Crippen LogP contribution in [0, 0.1) is 5.92 Å². The molecule has 63 heavy (non-hydrogen) atoms. The van der Waals surface area contributed by atoms with Crippen LogP contribution in [0.3, 0.4) is 0 Å². The Labute approximate surface area is 366 Å². The van der Waals surface area contributed by atoms with Gasteiger partial charge in [0.2, 0.25) is 5.88 Å². The van der Waals surface area contributed by atoms with Gasteiger partial charge in [0.05, 0.1) is 11.3 Å². The quantitative estimate of drug-likeness (QED) is 0.103. The third-order valence-corrected chi connectivity index (χ3v) is 13.0. The molecule has 0 saturated carbocycles. The highest BCUT2D eigenvalue weighted by atomic mass is 16.5. The Balaban J connectivity index is 0.758. The van der Waals surface area contributed by atoms with Crippen LogP contribution in [0.1, 0.15) is 72.3 Å². The van der Waals surface area contributed by atoms with Gasteiger partial charge in [-0.2, -0.15) is 5.10 Å². The van der Waals surface area contributed by atoms with Crippen molar-refractivity contribution in [3.05, 3.63) is 135 Å². The Bertz CT molecular complexity index is 2590. The van der Waals surface area contributed by atoms with Crippen LogP contribution >= 0.6 is 0 Å². The van der Waals surface area contributed by atoms with Crippen LogP contribution in [0.25, 0.3) is 17.1 Å². The van der Waals surface area contributed by atoms with Crippen LogP contribution in [0.15, 0.2) is 102 Å². The fraction of sp³-hybridized carbons (Fsp3) is 0.367. The van der Waals surface area contributed by atoms with Gasteiger partial charge in [-0.25, -0.2) is 14.5 Å².